The average molecular weight is 333 g/mol. The Morgan fingerprint density at radius 1 is 1.19 bits per heavy atom. The number of halogens is 1. The van der Waals surface area contributed by atoms with Crippen LogP contribution in [-0.2, 0) is 9.84 Å². The van der Waals surface area contributed by atoms with Crippen molar-refractivity contribution < 1.29 is 23.0 Å². The molecule has 2 aliphatic rings. The first-order valence-electron chi connectivity index (χ1n) is 6.98. The van der Waals surface area contributed by atoms with Crippen molar-refractivity contribution in [3.8, 4) is 11.5 Å². The minimum Gasteiger partial charge on any atom is -0.486 e. The largest absolute Gasteiger partial charge is 0.486 e. The van der Waals surface area contributed by atoms with Crippen LogP contribution in [0.15, 0.2) is 12.1 Å². The number of ether oxygens (including phenoxy) is 2. The highest BCUT2D eigenvalue weighted by Crippen LogP contribution is 2.40. The SMILES string of the molecule is O=S1(=O)CCCCC1C(O)c1cc2c(cc1Cl)OCCO2. The molecule has 116 valence electrons. The summed E-state index contributed by atoms with van der Waals surface area (Å²) in [6.07, 6.45) is 0.760. The predicted molar refractivity (Wildman–Crippen MR) is 78.8 cm³/mol. The number of rotatable bonds is 2. The second kappa shape index (κ2) is 5.66. The van der Waals surface area contributed by atoms with Gasteiger partial charge in [0.1, 0.15) is 13.2 Å². The Morgan fingerprint density at radius 3 is 2.52 bits per heavy atom. The van der Waals surface area contributed by atoms with E-state index in [-0.39, 0.29) is 5.75 Å². The molecule has 0 amide bonds. The normalized spacial score (nSPS) is 25.3. The van der Waals surface area contributed by atoms with E-state index in [1.54, 1.807) is 12.1 Å². The molecule has 2 heterocycles. The molecule has 0 radical (unpaired) electrons. The third-order valence-corrected chi connectivity index (χ3v) is 6.56. The molecule has 1 N–H and O–H groups in total. The molecule has 1 aromatic carbocycles. The molecule has 2 unspecified atom stereocenters. The molecule has 1 aromatic rings. The van der Waals surface area contributed by atoms with Gasteiger partial charge in [-0.2, -0.15) is 0 Å². The van der Waals surface area contributed by atoms with Crippen LogP contribution in [0.25, 0.3) is 0 Å². The number of fused-ring (bicyclic) bond motifs is 1. The summed E-state index contributed by atoms with van der Waals surface area (Å²) in [6.45, 7) is 0.869. The lowest BCUT2D eigenvalue weighted by atomic mass is 10.0. The fourth-order valence-corrected chi connectivity index (χ4v) is 5.08. The van der Waals surface area contributed by atoms with Crippen LogP contribution in [0.2, 0.25) is 5.02 Å². The smallest absolute Gasteiger partial charge is 0.162 e. The minimum absolute atomic E-state index is 0.122. The van der Waals surface area contributed by atoms with Crippen LogP contribution in [0.4, 0.5) is 0 Å². The van der Waals surface area contributed by atoms with Crippen LogP contribution in [0.1, 0.15) is 30.9 Å². The number of aliphatic hydroxyl groups is 1. The maximum absolute atomic E-state index is 12.1. The van der Waals surface area contributed by atoms with E-state index in [1.165, 1.54) is 0 Å². The molecule has 0 aliphatic carbocycles. The summed E-state index contributed by atoms with van der Waals surface area (Å²) in [6, 6.07) is 3.16. The highest BCUT2D eigenvalue weighted by molar-refractivity contribution is 7.92. The summed E-state index contributed by atoms with van der Waals surface area (Å²) >= 11 is 6.18. The molecule has 3 rings (SSSR count). The van der Waals surface area contributed by atoms with Crippen LogP contribution >= 0.6 is 11.6 Å². The second-order valence-electron chi connectivity index (χ2n) is 5.36. The molecule has 7 heteroatoms. The van der Waals surface area contributed by atoms with Gasteiger partial charge in [0.05, 0.1) is 22.1 Å². The Labute approximate surface area is 128 Å². The van der Waals surface area contributed by atoms with Crippen molar-refractivity contribution in [2.45, 2.75) is 30.6 Å². The lowest BCUT2D eigenvalue weighted by Gasteiger charge is -2.28. The topological polar surface area (TPSA) is 72.8 Å². The Bertz CT molecular complexity index is 643. The molecule has 21 heavy (non-hydrogen) atoms. The van der Waals surface area contributed by atoms with Gasteiger partial charge >= 0.3 is 0 Å². The van der Waals surface area contributed by atoms with Crippen LogP contribution in [0.3, 0.4) is 0 Å². The van der Waals surface area contributed by atoms with Gasteiger partial charge in [0.25, 0.3) is 0 Å². The Kier molecular flexibility index (Phi) is 4.03. The van der Waals surface area contributed by atoms with E-state index < -0.39 is 21.2 Å². The molecule has 2 aliphatic heterocycles. The summed E-state index contributed by atoms with van der Waals surface area (Å²) in [7, 11) is -3.29. The number of hydrogen-bond donors (Lipinski definition) is 1. The van der Waals surface area contributed by atoms with E-state index in [4.69, 9.17) is 21.1 Å². The fourth-order valence-electron chi connectivity index (χ4n) is 2.84. The van der Waals surface area contributed by atoms with Gasteiger partial charge in [0.2, 0.25) is 0 Å². The molecular weight excluding hydrogens is 316 g/mol. The second-order valence-corrected chi connectivity index (χ2v) is 8.11. The van der Waals surface area contributed by atoms with Crippen LogP contribution in [-0.4, -0.2) is 37.7 Å². The summed E-state index contributed by atoms with van der Waals surface area (Å²) in [4.78, 5) is 0. The van der Waals surface area contributed by atoms with E-state index >= 15 is 0 Å². The molecule has 0 spiro atoms. The Hall–Kier alpha value is -0.980. The van der Waals surface area contributed by atoms with Gasteiger partial charge in [0.15, 0.2) is 21.3 Å². The predicted octanol–water partition coefficient (Wildman–Crippen LogP) is 2.11. The van der Waals surface area contributed by atoms with Crippen LogP contribution in [0, 0.1) is 0 Å². The third kappa shape index (κ3) is 2.84. The third-order valence-electron chi connectivity index (χ3n) is 3.96. The molecule has 1 fully saturated rings. The standard InChI is InChI=1S/C14H17ClO5S/c15-10-8-12-11(19-4-5-20-12)7-9(10)14(16)13-3-1-2-6-21(13,17)18/h7-8,13-14,16H,1-6H2. The van der Waals surface area contributed by atoms with Crippen LogP contribution < -0.4 is 9.47 Å². The maximum Gasteiger partial charge on any atom is 0.162 e. The number of aliphatic hydroxyl groups excluding tert-OH is 1. The summed E-state index contributed by atoms with van der Waals surface area (Å²) < 4.78 is 35.2. The summed E-state index contributed by atoms with van der Waals surface area (Å²) in [5, 5.41) is 10.0. The first kappa shape index (κ1) is 14.9. The van der Waals surface area contributed by atoms with E-state index in [0.29, 0.717) is 48.1 Å². The van der Waals surface area contributed by atoms with E-state index in [0.717, 1.165) is 6.42 Å². The van der Waals surface area contributed by atoms with Gasteiger partial charge in [0, 0.05) is 11.6 Å². The van der Waals surface area contributed by atoms with E-state index in [2.05, 4.69) is 0 Å². The molecule has 1 saturated heterocycles. The van der Waals surface area contributed by atoms with Crippen molar-refractivity contribution in [3.05, 3.63) is 22.7 Å². The van der Waals surface area contributed by atoms with Crippen molar-refractivity contribution >= 4 is 21.4 Å². The van der Waals surface area contributed by atoms with Gasteiger partial charge < -0.3 is 14.6 Å². The zero-order valence-electron chi connectivity index (χ0n) is 11.4. The van der Waals surface area contributed by atoms with Crippen molar-refractivity contribution in [3.63, 3.8) is 0 Å². The lowest BCUT2D eigenvalue weighted by molar-refractivity contribution is 0.157. The summed E-state index contributed by atoms with van der Waals surface area (Å²) in [5.74, 6) is 1.14. The molecule has 0 aromatic heterocycles. The fraction of sp³-hybridized carbons (Fsp3) is 0.571. The van der Waals surface area contributed by atoms with Gasteiger partial charge in [-0.3, -0.25) is 0 Å². The zero-order chi connectivity index (χ0) is 15.0. The van der Waals surface area contributed by atoms with Crippen LogP contribution in [0.5, 0.6) is 11.5 Å². The van der Waals surface area contributed by atoms with Gasteiger partial charge in [-0.05, 0) is 18.9 Å². The summed E-state index contributed by atoms with van der Waals surface area (Å²) in [5.41, 5.74) is 0.386. The molecule has 2 atom stereocenters. The molecule has 0 bridgehead atoms. The Balaban J connectivity index is 1.95. The highest BCUT2D eigenvalue weighted by atomic mass is 35.5. The van der Waals surface area contributed by atoms with Gasteiger partial charge in [-0.1, -0.05) is 18.0 Å². The van der Waals surface area contributed by atoms with E-state index in [1.807, 2.05) is 0 Å². The molecular formula is C14H17ClO5S. The Morgan fingerprint density at radius 2 is 1.86 bits per heavy atom. The first-order chi connectivity index (χ1) is 9.99. The molecule has 0 saturated carbocycles. The number of sulfone groups is 1. The van der Waals surface area contributed by atoms with Crippen molar-refractivity contribution in [2.75, 3.05) is 19.0 Å². The number of benzene rings is 1. The monoisotopic (exact) mass is 332 g/mol. The highest BCUT2D eigenvalue weighted by Gasteiger charge is 2.36. The number of hydrogen-bond acceptors (Lipinski definition) is 5. The van der Waals surface area contributed by atoms with Crippen molar-refractivity contribution in [2.24, 2.45) is 0 Å². The van der Waals surface area contributed by atoms with Crippen molar-refractivity contribution in [1.82, 2.24) is 0 Å². The zero-order valence-corrected chi connectivity index (χ0v) is 13.0. The molecule has 5 nitrogen and oxygen atoms in total. The van der Waals surface area contributed by atoms with E-state index in [9.17, 15) is 13.5 Å². The first-order valence-corrected chi connectivity index (χ1v) is 9.07. The van der Waals surface area contributed by atoms with Gasteiger partial charge in [-0.15, -0.1) is 0 Å². The lowest BCUT2D eigenvalue weighted by Crippen LogP contribution is -2.34. The maximum atomic E-state index is 12.1. The van der Waals surface area contributed by atoms with Crippen molar-refractivity contribution in [1.29, 1.82) is 0 Å². The quantitative estimate of drug-likeness (QED) is 0.898. The average Bonchev–Trinajstić information content (AvgIpc) is 2.45. The van der Waals surface area contributed by atoms with Gasteiger partial charge in [-0.25, -0.2) is 8.42 Å². The minimum atomic E-state index is -3.29.